The van der Waals surface area contributed by atoms with E-state index in [-0.39, 0.29) is 12.4 Å². The molecule has 2 rings (SSSR count). The lowest BCUT2D eigenvalue weighted by Gasteiger charge is -2.09. The van der Waals surface area contributed by atoms with E-state index in [0.717, 1.165) is 0 Å². The number of ether oxygens (including phenoxy) is 1. The Bertz CT molecular complexity index is 592. The van der Waals surface area contributed by atoms with E-state index in [2.05, 4.69) is 15.3 Å². The Morgan fingerprint density at radius 2 is 2.11 bits per heavy atom. The van der Waals surface area contributed by atoms with Crippen LogP contribution in [0.3, 0.4) is 0 Å². The molecular weight excluding hydrogens is 269 g/mol. The molecule has 0 unspecified atom stereocenters. The van der Waals surface area contributed by atoms with Gasteiger partial charge in [-0.2, -0.15) is 0 Å². The van der Waals surface area contributed by atoms with Crippen LogP contribution in [0.25, 0.3) is 11.3 Å². The third-order valence-corrected chi connectivity index (χ3v) is 2.84. The number of hydrogen-bond acceptors (Lipinski definition) is 4. The first-order chi connectivity index (χ1) is 9.13. The highest BCUT2D eigenvalue weighted by molar-refractivity contribution is 6.33. The smallest absolute Gasteiger partial charge is 0.157 e. The van der Waals surface area contributed by atoms with Gasteiger partial charge in [0.05, 0.1) is 10.7 Å². The molecule has 19 heavy (non-hydrogen) atoms. The average molecular weight is 282 g/mol. The van der Waals surface area contributed by atoms with Crippen LogP contribution in [-0.4, -0.2) is 24.1 Å². The summed E-state index contributed by atoms with van der Waals surface area (Å²) in [5.74, 6) is 0.763. The van der Waals surface area contributed by atoms with Crippen LogP contribution in [0.15, 0.2) is 24.3 Å². The first kappa shape index (κ1) is 13.7. The van der Waals surface area contributed by atoms with Crippen LogP contribution in [-0.2, 0) is 11.3 Å². The Morgan fingerprint density at radius 1 is 1.32 bits per heavy atom. The lowest BCUT2D eigenvalue weighted by molar-refractivity contribution is 0.178. The van der Waals surface area contributed by atoms with E-state index in [4.69, 9.17) is 16.3 Å². The summed E-state index contributed by atoms with van der Waals surface area (Å²) in [4.78, 5) is 8.55. The Morgan fingerprint density at radius 3 is 2.79 bits per heavy atom. The van der Waals surface area contributed by atoms with E-state index >= 15 is 0 Å². The number of nitrogens with zero attached hydrogens (tertiary/aromatic N) is 2. The van der Waals surface area contributed by atoms with Crippen molar-refractivity contribution in [2.24, 2.45) is 0 Å². The normalized spacial score (nSPS) is 10.5. The van der Waals surface area contributed by atoms with Crippen LogP contribution in [0.1, 0.15) is 5.82 Å². The first-order valence-electron chi connectivity index (χ1n) is 5.64. The molecule has 2 aromatic rings. The van der Waals surface area contributed by atoms with Crippen LogP contribution in [0.4, 0.5) is 10.2 Å². The van der Waals surface area contributed by atoms with Crippen molar-refractivity contribution in [3.8, 4) is 11.3 Å². The molecule has 1 heterocycles. The van der Waals surface area contributed by atoms with E-state index in [1.54, 1.807) is 20.2 Å². The molecule has 1 aromatic heterocycles. The molecule has 0 atom stereocenters. The molecule has 0 aliphatic carbocycles. The zero-order chi connectivity index (χ0) is 13.8. The third-order valence-electron chi connectivity index (χ3n) is 2.51. The minimum atomic E-state index is -0.364. The maximum absolute atomic E-state index is 13.3. The molecule has 0 aliphatic rings. The standard InChI is InChI=1S/C13H13ClFN3O/c1-16-12-6-11(17-13(18-12)7-19-2)9-5-8(15)3-4-10(9)14/h3-6H,7H2,1-2H3,(H,16,17,18). The molecule has 0 amide bonds. The van der Waals surface area contributed by atoms with Gasteiger partial charge in [0.2, 0.25) is 0 Å². The monoisotopic (exact) mass is 281 g/mol. The van der Waals surface area contributed by atoms with Crippen molar-refractivity contribution in [3.05, 3.63) is 40.9 Å². The number of methoxy groups -OCH3 is 1. The second-order valence-electron chi connectivity index (χ2n) is 3.86. The molecule has 0 bridgehead atoms. The van der Waals surface area contributed by atoms with Gasteiger partial charge in [0.25, 0.3) is 0 Å². The summed E-state index contributed by atoms with van der Waals surface area (Å²) in [6, 6.07) is 5.87. The predicted molar refractivity (Wildman–Crippen MR) is 72.7 cm³/mol. The summed E-state index contributed by atoms with van der Waals surface area (Å²) >= 11 is 6.08. The van der Waals surface area contributed by atoms with E-state index in [0.29, 0.717) is 27.9 Å². The van der Waals surface area contributed by atoms with Gasteiger partial charge >= 0.3 is 0 Å². The van der Waals surface area contributed by atoms with Crippen molar-refractivity contribution >= 4 is 17.4 Å². The largest absolute Gasteiger partial charge is 0.377 e. The van der Waals surface area contributed by atoms with Crippen LogP contribution < -0.4 is 5.32 Å². The number of nitrogens with one attached hydrogen (secondary N) is 1. The quantitative estimate of drug-likeness (QED) is 0.935. The SMILES string of the molecule is CNc1cc(-c2cc(F)ccc2Cl)nc(COC)n1. The van der Waals surface area contributed by atoms with Gasteiger partial charge in [-0.15, -0.1) is 0 Å². The topological polar surface area (TPSA) is 47.0 Å². The zero-order valence-electron chi connectivity index (χ0n) is 10.6. The molecule has 0 aliphatic heterocycles. The molecule has 100 valence electrons. The molecule has 1 aromatic carbocycles. The molecule has 4 nitrogen and oxygen atoms in total. The van der Waals surface area contributed by atoms with Crippen LogP contribution >= 0.6 is 11.6 Å². The van der Waals surface area contributed by atoms with Crippen molar-refractivity contribution in [2.45, 2.75) is 6.61 Å². The molecule has 0 spiro atoms. The first-order valence-corrected chi connectivity index (χ1v) is 6.02. The number of anilines is 1. The predicted octanol–water partition coefficient (Wildman–Crippen LogP) is 3.12. The summed E-state index contributed by atoms with van der Waals surface area (Å²) in [5, 5.41) is 3.36. The van der Waals surface area contributed by atoms with Gasteiger partial charge in [0.15, 0.2) is 5.82 Å². The number of rotatable bonds is 4. The van der Waals surface area contributed by atoms with Crippen LogP contribution in [0.5, 0.6) is 0 Å². The van der Waals surface area contributed by atoms with Gasteiger partial charge < -0.3 is 10.1 Å². The van der Waals surface area contributed by atoms with Gasteiger partial charge in [-0.1, -0.05) is 11.6 Å². The lowest BCUT2D eigenvalue weighted by atomic mass is 10.1. The summed E-state index contributed by atoms with van der Waals surface area (Å²) < 4.78 is 18.3. The average Bonchev–Trinajstić information content (AvgIpc) is 2.41. The summed E-state index contributed by atoms with van der Waals surface area (Å²) in [6.45, 7) is 0.273. The highest BCUT2D eigenvalue weighted by Crippen LogP contribution is 2.28. The van der Waals surface area contributed by atoms with Gasteiger partial charge in [0, 0.05) is 25.8 Å². The Kier molecular flexibility index (Phi) is 4.29. The van der Waals surface area contributed by atoms with Gasteiger partial charge in [0.1, 0.15) is 18.2 Å². The van der Waals surface area contributed by atoms with Crippen molar-refractivity contribution in [2.75, 3.05) is 19.5 Å². The highest BCUT2D eigenvalue weighted by atomic mass is 35.5. The Labute approximate surface area is 115 Å². The van der Waals surface area contributed by atoms with E-state index in [9.17, 15) is 4.39 Å². The number of benzene rings is 1. The zero-order valence-corrected chi connectivity index (χ0v) is 11.3. The van der Waals surface area contributed by atoms with Gasteiger partial charge in [-0.05, 0) is 18.2 Å². The van der Waals surface area contributed by atoms with Crippen molar-refractivity contribution in [3.63, 3.8) is 0 Å². The second-order valence-corrected chi connectivity index (χ2v) is 4.27. The fourth-order valence-corrected chi connectivity index (χ4v) is 1.86. The fourth-order valence-electron chi connectivity index (χ4n) is 1.65. The minimum absolute atomic E-state index is 0.273. The minimum Gasteiger partial charge on any atom is -0.377 e. The van der Waals surface area contributed by atoms with Crippen molar-refractivity contribution in [1.82, 2.24) is 9.97 Å². The molecule has 6 heteroatoms. The van der Waals surface area contributed by atoms with E-state index in [1.165, 1.54) is 18.2 Å². The Balaban J connectivity index is 2.54. The van der Waals surface area contributed by atoms with Gasteiger partial charge in [-0.3, -0.25) is 0 Å². The molecular formula is C13H13ClFN3O. The summed E-state index contributed by atoms with van der Waals surface area (Å²) in [7, 11) is 3.31. The van der Waals surface area contributed by atoms with Crippen LogP contribution in [0.2, 0.25) is 5.02 Å². The maximum atomic E-state index is 13.3. The highest BCUT2D eigenvalue weighted by Gasteiger charge is 2.10. The van der Waals surface area contributed by atoms with E-state index in [1.807, 2.05) is 0 Å². The lowest BCUT2D eigenvalue weighted by Crippen LogP contribution is -2.03. The fraction of sp³-hybridized carbons (Fsp3) is 0.231. The van der Waals surface area contributed by atoms with Crippen molar-refractivity contribution in [1.29, 1.82) is 0 Å². The summed E-state index contributed by atoms with van der Waals surface area (Å²) in [6.07, 6.45) is 0. The van der Waals surface area contributed by atoms with Crippen LogP contribution in [0, 0.1) is 5.82 Å². The molecule has 0 saturated heterocycles. The van der Waals surface area contributed by atoms with Gasteiger partial charge in [-0.25, -0.2) is 14.4 Å². The molecule has 0 fully saturated rings. The number of aromatic nitrogens is 2. The molecule has 1 N–H and O–H groups in total. The second kappa shape index (κ2) is 5.95. The Hall–Kier alpha value is -1.72. The number of halogens is 2. The maximum Gasteiger partial charge on any atom is 0.157 e. The third kappa shape index (κ3) is 3.19. The number of hydrogen-bond donors (Lipinski definition) is 1. The summed E-state index contributed by atoms with van der Waals surface area (Å²) in [5.41, 5.74) is 1.08. The van der Waals surface area contributed by atoms with E-state index < -0.39 is 0 Å². The molecule has 0 radical (unpaired) electrons. The van der Waals surface area contributed by atoms with Crippen molar-refractivity contribution < 1.29 is 9.13 Å². The molecule has 0 saturated carbocycles.